The third-order valence-electron chi connectivity index (χ3n) is 2.89. The van der Waals surface area contributed by atoms with Gasteiger partial charge in [0.15, 0.2) is 0 Å². The molecule has 2 aromatic carbocycles. The van der Waals surface area contributed by atoms with Crippen LogP contribution in [0, 0.1) is 11.3 Å². The van der Waals surface area contributed by atoms with E-state index >= 15 is 0 Å². The number of nitrogens with zero attached hydrogens (tertiary/aromatic N) is 2. The largest absolute Gasteiger partial charge is 0.573 e. The van der Waals surface area contributed by atoms with E-state index in [1.807, 2.05) is 0 Å². The Hall–Kier alpha value is -2.76. The predicted molar refractivity (Wildman–Crippen MR) is 90.6 cm³/mol. The molecule has 2 aromatic rings. The number of nitriles is 1. The van der Waals surface area contributed by atoms with Crippen molar-refractivity contribution in [3.63, 3.8) is 0 Å². The van der Waals surface area contributed by atoms with Crippen LogP contribution < -0.4 is 10.2 Å². The Morgan fingerprint density at radius 1 is 1.12 bits per heavy atom. The van der Waals surface area contributed by atoms with E-state index in [4.69, 9.17) is 28.5 Å². The van der Waals surface area contributed by atoms with Crippen molar-refractivity contribution in [1.82, 2.24) is 0 Å². The highest BCUT2D eigenvalue weighted by Gasteiger charge is 2.31. The van der Waals surface area contributed by atoms with E-state index in [9.17, 15) is 18.0 Å². The Labute approximate surface area is 155 Å². The second-order valence-corrected chi connectivity index (χ2v) is 5.53. The van der Waals surface area contributed by atoms with Crippen LogP contribution in [0.5, 0.6) is 5.75 Å². The summed E-state index contributed by atoms with van der Waals surface area (Å²) in [5.74, 6) is -1.27. The van der Waals surface area contributed by atoms with E-state index in [1.165, 1.54) is 18.2 Å². The van der Waals surface area contributed by atoms with Gasteiger partial charge in [-0.15, -0.1) is 13.2 Å². The molecule has 0 aromatic heterocycles. The van der Waals surface area contributed by atoms with Crippen LogP contribution in [-0.2, 0) is 0 Å². The lowest BCUT2D eigenvalue weighted by Crippen LogP contribution is -2.17. The van der Waals surface area contributed by atoms with Crippen LogP contribution in [0.15, 0.2) is 47.6 Å². The van der Waals surface area contributed by atoms with Gasteiger partial charge in [-0.05, 0) is 42.5 Å². The fourth-order valence-corrected chi connectivity index (χ4v) is 2.06. The van der Waals surface area contributed by atoms with E-state index in [0.29, 0.717) is 10.7 Å². The lowest BCUT2D eigenvalue weighted by atomic mass is 10.1. The summed E-state index contributed by atoms with van der Waals surface area (Å²) in [5.41, 5.74) is 2.34. The van der Waals surface area contributed by atoms with Gasteiger partial charge in [0.05, 0.1) is 15.7 Å². The molecule has 0 bridgehead atoms. The molecule has 0 aliphatic carbocycles. The van der Waals surface area contributed by atoms with Gasteiger partial charge in [0.1, 0.15) is 11.8 Å². The van der Waals surface area contributed by atoms with Crippen molar-refractivity contribution in [2.75, 3.05) is 5.43 Å². The predicted octanol–water partition coefficient (Wildman–Crippen LogP) is 5.07. The fourth-order valence-electron chi connectivity index (χ4n) is 1.76. The number of carbonyl (C=O) groups is 1. The number of Topliss-reactive ketones (excluding diaryl/α,β-unsaturated/α-hetero) is 1. The summed E-state index contributed by atoms with van der Waals surface area (Å²) in [7, 11) is 0. The minimum Gasteiger partial charge on any atom is -0.406 e. The average molecular weight is 402 g/mol. The van der Waals surface area contributed by atoms with Crippen LogP contribution in [0.4, 0.5) is 18.9 Å². The molecular weight excluding hydrogens is 394 g/mol. The average Bonchev–Trinajstić information content (AvgIpc) is 2.57. The molecule has 0 radical (unpaired) electrons. The van der Waals surface area contributed by atoms with Crippen LogP contribution in [-0.4, -0.2) is 17.9 Å². The third kappa shape index (κ3) is 5.37. The quantitative estimate of drug-likeness (QED) is 0.431. The molecule has 26 heavy (non-hydrogen) atoms. The number of hydrogen-bond donors (Lipinski definition) is 1. The molecule has 0 fully saturated rings. The van der Waals surface area contributed by atoms with Gasteiger partial charge in [-0.25, -0.2) is 0 Å². The second-order valence-electron chi connectivity index (χ2n) is 4.71. The second kappa shape index (κ2) is 8.08. The van der Waals surface area contributed by atoms with Crippen molar-refractivity contribution >= 4 is 40.4 Å². The van der Waals surface area contributed by atoms with Crippen LogP contribution in [0.2, 0.25) is 10.0 Å². The van der Waals surface area contributed by atoms with Gasteiger partial charge in [0.25, 0.3) is 0 Å². The van der Waals surface area contributed by atoms with Gasteiger partial charge in [0.2, 0.25) is 11.5 Å². The topological polar surface area (TPSA) is 74.5 Å². The van der Waals surface area contributed by atoms with Crippen molar-refractivity contribution in [2.45, 2.75) is 6.36 Å². The first-order chi connectivity index (χ1) is 12.2. The summed E-state index contributed by atoms with van der Waals surface area (Å²) >= 11 is 11.6. The number of anilines is 1. The van der Waals surface area contributed by atoms with Crippen molar-refractivity contribution in [3.8, 4) is 11.8 Å². The first-order valence-corrected chi connectivity index (χ1v) is 7.54. The standard InChI is InChI=1S/C16H8Cl2F3N3O2/c17-12-6-3-10(7-13(12)18)23-24-14(8-22)15(25)9-1-4-11(5-2-9)26-16(19,20)21/h1-7,23H/b24-14-. The highest BCUT2D eigenvalue weighted by Crippen LogP contribution is 2.25. The number of ketones is 1. The van der Waals surface area contributed by atoms with Gasteiger partial charge in [-0.3, -0.25) is 10.2 Å². The highest BCUT2D eigenvalue weighted by molar-refractivity contribution is 6.51. The molecule has 10 heteroatoms. The zero-order valence-corrected chi connectivity index (χ0v) is 14.2. The summed E-state index contributed by atoms with van der Waals surface area (Å²) in [6.07, 6.45) is -4.84. The van der Waals surface area contributed by atoms with Crippen LogP contribution in [0.1, 0.15) is 10.4 Å². The molecule has 0 unspecified atom stereocenters. The highest BCUT2D eigenvalue weighted by atomic mass is 35.5. The van der Waals surface area contributed by atoms with Gasteiger partial charge in [0, 0.05) is 5.56 Å². The molecular formula is C16H8Cl2F3N3O2. The molecule has 134 valence electrons. The van der Waals surface area contributed by atoms with Gasteiger partial charge in [-0.1, -0.05) is 23.2 Å². The molecule has 0 aliphatic heterocycles. The molecule has 0 saturated heterocycles. The first kappa shape index (κ1) is 19.6. The number of halogens is 5. The van der Waals surface area contributed by atoms with Crippen molar-refractivity contribution < 1.29 is 22.7 Å². The summed E-state index contributed by atoms with van der Waals surface area (Å²) < 4.78 is 40.1. The number of alkyl halides is 3. The Morgan fingerprint density at radius 2 is 1.77 bits per heavy atom. The summed E-state index contributed by atoms with van der Waals surface area (Å²) in [4.78, 5) is 12.2. The van der Waals surface area contributed by atoms with Gasteiger partial charge < -0.3 is 4.74 Å². The van der Waals surface area contributed by atoms with Crippen molar-refractivity contribution in [1.29, 1.82) is 5.26 Å². The molecule has 2 rings (SSSR count). The minimum atomic E-state index is -4.84. The number of ether oxygens (including phenoxy) is 1. The summed E-state index contributed by atoms with van der Waals surface area (Å²) in [6.45, 7) is 0. The van der Waals surface area contributed by atoms with E-state index in [1.54, 1.807) is 6.07 Å². The number of hydrazone groups is 1. The third-order valence-corrected chi connectivity index (χ3v) is 3.63. The normalized spacial score (nSPS) is 11.6. The SMILES string of the molecule is N#C/C(=N/Nc1ccc(Cl)c(Cl)c1)C(=O)c1ccc(OC(F)(F)F)cc1. The summed E-state index contributed by atoms with van der Waals surface area (Å²) in [5, 5.41) is 13.3. The smallest absolute Gasteiger partial charge is 0.406 e. The van der Waals surface area contributed by atoms with E-state index < -0.39 is 23.6 Å². The number of nitrogens with one attached hydrogen (secondary N) is 1. The lowest BCUT2D eigenvalue weighted by molar-refractivity contribution is -0.274. The fraction of sp³-hybridized carbons (Fsp3) is 0.0625. The maximum Gasteiger partial charge on any atom is 0.573 e. The minimum absolute atomic E-state index is 0.0317. The Bertz CT molecular complexity index is 891. The van der Waals surface area contributed by atoms with E-state index in [0.717, 1.165) is 24.3 Å². The molecule has 0 aliphatic rings. The molecule has 0 spiro atoms. The zero-order valence-electron chi connectivity index (χ0n) is 12.6. The first-order valence-electron chi connectivity index (χ1n) is 6.79. The Balaban J connectivity index is 2.15. The van der Waals surface area contributed by atoms with Gasteiger partial charge in [-0.2, -0.15) is 10.4 Å². The molecule has 1 N–H and O–H groups in total. The number of hydrogen-bond acceptors (Lipinski definition) is 5. The van der Waals surface area contributed by atoms with Crippen LogP contribution >= 0.6 is 23.2 Å². The maximum absolute atomic E-state index is 12.2. The molecule has 5 nitrogen and oxygen atoms in total. The lowest BCUT2D eigenvalue weighted by Gasteiger charge is -2.08. The number of benzene rings is 2. The molecule has 0 saturated carbocycles. The van der Waals surface area contributed by atoms with Gasteiger partial charge >= 0.3 is 6.36 Å². The Morgan fingerprint density at radius 3 is 2.31 bits per heavy atom. The number of rotatable bonds is 5. The Kier molecular flexibility index (Phi) is 6.08. The monoisotopic (exact) mass is 401 g/mol. The summed E-state index contributed by atoms with van der Waals surface area (Å²) in [6, 6.07) is 10.2. The molecule has 0 atom stereocenters. The molecule has 0 heterocycles. The van der Waals surface area contributed by atoms with Crippen LogP contribution in [0.3, 0.4) is 0 Å². The zero-order chi connectivity index (χ0) is 19.3. The van der Waals surface area contributed by atoms with E-state index in [-0.39, 0.29) is 10.6 Å². The molecule has 0 amide bonds. The van der Waals surface area contributed by atoms with Crippen molar-refractivity contribution in [3.05, 3.63) is 58.1 Å². The maximum atomic E-state index is 12.2. The van der Waals surface area contributed by atoms with Crippen LogP contribution in [0.25, 0.3) is 0 Å². The van der Waals surface area contributed by atoms with E-state index in [2.05, 4.69) is 15.3 Å². The van der Waals surface area contributed by atoms with Crippen molar-refractivity contribution in [2.24, 2.45) is 5.10 Å². The number of carbonyl (C=O) groups excluding carboxylic acids is 1.